The standard InChI is InChI=1S/C15H17N3O/c1-3-11(2)17-15(19)10-18-7-6-13-8-12(9-16)4-5-14(13)18/h4-8,11H,3,10H2,1-2H3,(H,17,19). The number of nitriles is 1. The van der Waals surface area contributed by atoms with Crippen LogP contribution in [0.25, 0.3) is 10.9 Å². The van der Waals surface area contributed by atoms with Gasteiger partial charge in [0.15, 0.2) is 0 Å². The molecule has 0 radical (unpaired) electrons. The molecule has 2 aromatic rings. The molecule has 1 heterocycles. The van der Waals surface area contributed by atoms with Crippen LogP contribution in [0.1, 0.15) is 25.8 Å². The van der Waals surface area contributed by atoms with E-state index in [-0.39, 0.29) is 11.9 Å². The average molecular weight is 255 g/mol. The molecule has 0 aliphatic rings. The van der Waals surface area contributed by atoms with Crippen LogP contribution in [0.3, 0.4) is 0 Å². The van der Waals surface area contributed by atoms with E-state index >= 15 is 0 Å². The van der Waals surface area contributed by atoms with Gasteiger partial charge in [-0.05, 0) is 37.6 Å². The second-order valence-electron chi connectivity index (χ2n) is 4.71. The second kappa shape index (κ2) is 5.57. The van der Waals surface area contributed by atoms with E-state index in [9.17, 15) is 4.79 Å². The van der Waals surface area contributed by atoms with Gasteiger partial charge in [-0.15, -0.1) is 0 Å². The largest absolute Gasteiger partial charge is 0.352 e. The highest BCUT2D eigenvalue weighted by Gasteiger charge is 2.08. The van der Waals surface area contributed by atoms with Gasteiger partial charge in [-0.3, -0.25) is 4.79 Å². The summed E-state index contributed by atoms with van der Waals surface area (Å²) in [6.07, 6.45) is 2.80. The molecule has 98 valence electrons. The van der Waals surface area contributed by atoms with Crippen LogP contribution in [0.4, 0.5) is 0 Å². The summed E-state index contributed by atoms with van der Waals surface area (Å²) < 4.78 is 1.90. The van der Waals surface area contributed by atoms with Crippen molar-refractivity contribution in [2.45, 2.75) is 32.9 Å². The van der Waals surface area contributed by atoms with Crippen LogP contribution in [0.2, 0.25) is 0 Å². The van der Waals surface area contributed by atoms with E-state index in [2.05, 4.69) is 11.4 Å². The second-order valence-corrected chi connectivity index (χ2v) is 4.71. The normalized spacial score (nSPS) is 12.1. The van der Waals surface area contributed by atoms with E-state index in [0.717, 1.165) is 17.3 Å². The van der Waals surface area contributed by atoms with Crippen LogP contribution in [0.15, 0.2) is 30.5 Å². The number of aromatic nitrogens is 1. The topological polar surface area (TPSA) is 57.8 Å². The van der Waals surface area contributed by atoms with Crippen molar-refractivity contribution in [2.75, 3.05) is 0 Å². The number of amides is 1. The number of rotatable bonds is 4. The van der Waals surface area contributed by atoms with Crippen molar-refractivity contribution < 1.29 is 4.79 Å². The van der Waals surface area contributed by atoms with Crippen molar-refractivity contribution in [3.05, 3.63) is 36.0 Å². The van der Waals surface area contributed by atoms with Gasteiger partial charge in [-0.25, -0.2) is 0 Å². The van der Waals surface area contributed by atoms with Gasteiger partial charge in [0.1, 0.15) is 6.54 Å². The van der Waals surface area contributed by atoms with Crippen molar-refractivity contribution in [1.29, 1.82) is 5.26 Å². The Labute approximate surface area is 112 Å². The number of carbonyl (C=O) groups excluding carboxylic acids is 1. The zero-order valence-corrected chi connectivity index (χ0v) is 11.2. The fourth-order valence-electron chi connectivity index (χ4n) is 1.98. The number of hydrogen-bond acceptors (Lipinski definition) is 2. The minimum atomic E-state index is 0.0104. The third kappa shape index (κ3) is 2.94. The molecule has 0 aliphatic heterocycles. The molecular weight excluding hydrogens is 238 g/mol. The summed E-state index contributed by atoms with van der Waals surface area (Å²) in [5.74, 6) is 0.0104. The Hall–Kier alpha value is -2.28. The lowest BCUT2D eigenvalue weighted by Gasteiger charge is -2.12. The molecule has 0 saturated heterocycles. The van der Waals surface area contributed by atoms with E-state index in [4.69, 9.17) is 5.26 Å². The van der Waals surface area contributed by atoms with E-state index in [1.165, 1.54) is 0 Å². The maximum absolute atomic E-state index is 11.9. The van der Waals surface area contributed by atoms with Crippen LogP contribution in [-0.4, -0.2) is 16.5 Å². The van der Waals surface area contributed by atoms with Crippen LogP contribution in [0, 0.1) is 11.3 Å². The van der Waals surface area contributed by atoms with Gasteiger partial charge in [0.25, 0.3) is 0 Å². The Morgan fingerprint density at radius 1 is 1.47 bits per heavy atom. The third-order valence-corrected chi connectivity index (χ3v) is 3.23. The van der Waals surface area contributed by atoms with Crippen molar-refractivity contribution in [2.24, 2.45) is 0 Å². The van der Waals surface area contributed by atoms with Gasteiger partial charge >= 0.3 is 0 Å². The lowest BCUT2D eigenvalue weighted by Crippen LogP contribution is -2.34. The van der Waals surface area contributed by atoms with E-state index < -0.39 is 0 Å². The SMILES string of the molecule is CCC(C)NC(=O)Cn1ccc2cc(C#N)ccc21. The maximum atomic E-state index is 11.9. The predicted molar refractivity (Wildman–Crippen MR) is 74.5 cm³/mol. The lowest BCUT2D eigenvalue weighted by atomic mass is 10.2. The number of nitrogens with one attached hydrogen (secondary N) is 1. The Bertz CT molecular complexity index is 636. The van der Waals surface area contributed by atoms with Crippen LogP contribution in [0.5, 0.6) is 0 Å². The summed E-state index contributed by atoms with van der Waals surface area (Å²) in [6, 6.07) is 9.71. The summed E-state index contributed by atoms with van der Waals surface area (Å²) in [5.41, 5.74) is 1.60. The summed E-state index contributed by atoms with van der Waals surface area (Å²) in [4.78, 5) is 11.9. The lowest BCUT2D eigenvalue weighted by molar-refractivity contribution is -0.122. The highest BCUT2D eigenvalue weighted by Crippen LogP contribution is 2.17. The highest BCUT2D eigenvalue weighted by molar-refractivity contribution is 5.84. The first-order valence-electron chi connectivity index (χ1n) is 6.42. The number of hydrogen-bond donors (Lipinski definition) is 1. The zero-order valence-electron chi connectivity index (χ0n) is 11.2. The van der Waals surface area contributed by atoms with Gasteiger partial charge < -0.3 is 9.88 Å². The van der Waals surface area contributed by atoms with Crippen molar-refractivity contribution in [3.8, 4) is 6.07 Å². The first-order valence-corrected chi connectivity index (χ1v) is 6.42. The molecule has 1 N–H and O–H groups in total. The Balaban J connectivity index is 2.18. The molecule has 1 amide bonds. The molecule has 0 fully saturated rings. The molecule has 1 aromatic carbocycles. The van der Waals surface area contributed by atoms with Crippen LogP contribution < -0.4 is 5.32 Å². The highest BCUT2D eigenvalue weighted by atomic mass is 16.2. The number of fused-ring (bicyclic) bond motifs is 1. The van der Waals surface area contributed by atoms with E-state index in [1.807, 2.05) is 42.8 Å². The van der Waals surface area contributed by atoms with Gasteiger partial charge in [0.2, 0.25) is 5.91 Å². The van der Waals surface area contributed by atoms with E-state index in [1.54, 1.807) is 6.07 Å². The monoisotopic (exact) mass is 255 g/mol. The fourth-order valence-corrected chi connectivity index (χ4v) is 1.98. The number of nitrogens with zero attached hydrogens (tertiary/aromatic N) is 2. The zero-order chi connectivity index (χ0) is 13.8. The van der Waals surface area contributed by atoms with Gasteiger partial charge in [0, 0.05) is 23.1 Å². The molecular formula is C15H17N3O. The average Bonchev–Trinajstić information content (AvgIpc) is 2.80. The van der Waals surface area contributed by atoms with Crippen LogP contribution >= 0.6 is 0 Å². The summed E-state index contributed by atoms with van der Waals surface area (Å²) in [7, 11) is 0. The molecule has 0 saturated carbocycles. The molecule has 1 unspecified atom stereocenters. The minimum absolute atomic E-state index is 0.0104. The summed E-state index contributed by atoms with van der Waals surface area (Å²) >= 11 is 0. The first kappa shape index (κ1) is 13.2. The molecule has 2 rings (SSSR count). The number of carbonyl (C=O) groups is 1. The number of benzene rings is 1. The Kier molecular flexibility index (Phi) is 3.86. The molecule has 1 atom stereocenters. The van der Waals surface area contributed by atoms with Gasteiger partial charge in [-0.1, -0.05) is 6.92 Å². The smallest absolute Gasteiger partial charge is 0.240 e. The Morgan fingerprint density at radius 3 is 2.95 bits per heavy atom. The first-order chi connectivity index (χ1) is 9.13. The van der Waals surface area contributed by atoms with E-state index in [0.29, 0.717) is 12.1 Å². The summed E-state index contributed by atoms with van der Waals surface area (Å²) in [6.45, 7) is 4.34. The van der Waals surface area contributed by atoms with Crippen molar-refractivity contribution in [3.63, 3.8) is 0 Å². The van der Waals surface area contributed by atoms with Crippen molar-refractivity contribution >= 4 is 16.8 Å². The molecule has 0 aliphatic carbocycles. The molecule has 0 bridgehead atoms. The molecule has 0 spiro atoms. The third-order valence-electron chi connectivity index (χ3n) is 3.23. The molecule has 4 heteroatoms. The predicted octanol–water partition coefficient (Wildman–Crippen LogP) is 2.43. The van der Waals surface area contributed by atoms with Crippen molar-refractivity contribution in [1.82, 2.24) is 9.88 Å². The van der Waals surface area contributed by atoms with Crippen LogP contribution in [-0.2, 0) is 11.3 Å². The quantitative estimate of drug-likeness (QED) is 0.912. The van der Waals surface area contributed by atoms with Gasteiger partial charge in [-0.2, -0.15) is 5.26 Å². The minimum Gasteiger partial charge on any atom is -0.352 e. The fraction of sp³-hybridized carbons (Fsp3) is 0.333. The van der Waals surface area contributed by atoms with Gasteiger partial charge in [0.05, 0.1) is 11.6 Å². The Morgan fingerprint density at radius 2 is 2.26 bits per heavy atom. The maximum Gasteiger partial charge on any atom is 0.240 e. The molecule has 19 heavy (non-hydrogen) atoms. The molecule has 4 nitrogen and oxygen atoms in total. The summed E-state index contributed by atoms with van der Waals surface area (Å²) in [5, 5.41) is 12.8. The molecule has 1 aromatic heterocycles.